The molecule has 0 aliphatic heterocycles. The molecule has 0 atom stereocenters. The molecule has 0 aliphatic carbocycles. The molecular weight excluding hydrogens is 269 g/mol. The van der Waals surface area contributed by atoms with E-state index in [0.29, 0.717) is 23.0 Å². The van der Waals surface area contributed by atoms with Gasteiger partial charge in [0.2, 0.25) is 0 Å². The number of aryl methyl sites for hydroxylation is 1. The van der Waals surface area contributed by atoms with Crippen molar-refractivity contribution in [3.05, 3.63) is 41.0 Å². The van der Waals surface area contributed by atoms with Crippen molar-refractivity contribution >= 4 is 17.3 Å². The zero-order valence-electron chi connectivity index (χ0n) is 11.2. The summed E-state index contributed by atoms with van der Waals surface area (Å²) < 4.78 is 39.2. The lowest BCUT2D eigenvalue weighted by molar-refractivity contribution is 0.448. The van der Waals surface area contributed by atoms with Gasteiger partial charge in [-0.1, -0.05) is 0 Å². The number of hydrogen-bond acceptors (Lipinski definition) is 4. The van der Waals surface area contributed by atoms with E-state index < -0.39 is 17.5 Å². The number of rotatable bonds is 3. The molecule has 1 aromatic carbocycles. The van der Waals surface area contributed by atoms with Crippen molar-refractivity contribution in [1.29, 1.82) is 0 Å². The molecule has 7 heteroatoms. The average molecular weight is 282 g/mol. The molecule has 1 aromatic heterocycles. The van der Waals surface area contributed by atoms with Crippen molar-refractivity contribution in [2.24, 2.45) is 0 Å². The maximum Gasteiger partial charge on any atom is 0.194 e. The Labute approximate surface area is 114 Å². The molecule has 0 fully saturated rings. The molecule has 2 N–H and O–H groups in total. The van der Waals surface area contributed by atoms with E-state index in [-0.39, 0.29) is 5.69 Å². The van der Waals surface area contributed by atoms with Gasteiger partial charge in [-0.2, -0.15) is 0 Å². The van der Waals surface area contributed by atoms with Crippen LogP contribution < -0.4 is 10.6 Å². The third-order valence-corrected chi connectivity index (χ3v) is 2.74. The van der Waals surface area contributed by atoms with Gasteiger partial charge in [-0.15, -0.1) is 0 Å². The summed E-state index contributed by atoms with van der Waals surface area (Å²) in [5.74, 6) is -2.53. The molecule has 2 rings (SSSR count). The van der Waals surface area contributed by atoms with Gasteiger partial charge in [0.05, 0.1) is 0 Å². The summed E-state index contributed by atoms with van der Waals surface area (Å²) in [6.07, 6.45) is 0. The van der Waals surface area contributed by atoms with Gasteiger partial charge in [-0.05, 0) is 13.8 Å². The zero-order valence-corrected chi connectivity index (χ0v) is 11.2. The first-order chi connectivity index (χ1) is 9.42. The van der Waals surface area contributed by atoms with Crippen molar-refractivity contribution in [3.63, 3.8) is 0 Å². The van der Waals surface area contributed by atoms with Crippen LogP contribution >= 0.6 is 0 Å². The smallest absolute Gasteiger partial charge is 0.194 e. The summed E-state index contributed by atoms with van der Waals surface area (Å²) in [7, 11) is 1.70. The van der Waals surface area contributed by atoms with Crippen LogP contribution in [-0.4, -0.2) is 17.0 Å². The standard InChI is InChI=1S/C13H13F3N4/c1-6-12(17-3)18-7(2)19-13(6)20-8-4-9(14)11(16)10(15)5-8/h4-5H,1-3H3,(H2,17,18,19,20). The van der Waals surface area contributed by atoms with Gasteiger partial charge in [-0.3, -0.25) is 0 Å². The maximum absolute atomic E-state index is 13.2. The van der Waals surface area contributed by atoms with Gasteiger partial charge in [0.15, 0.2) is 17.5 Å². The van der Waals surface area contributed by atoms with E-state index in [2.05, 4.69) is 20.6 Å². The van der Waals surface area contributed by atoms with Gasteiger partial charge in [0.1, 0.15) is 17.5 Å². The Hall–Kier alpha value is -2.31. The van der Waals surface area contributed by atoms with Crippen LogP contribution in [0.1, 0.15) is 11.4 Å². The van der Waals surface area contributed by atoms with Crippen LogP contribution in [0, 0.1) is 31.3 Å². The van der Waals surface area contributed by atoms with Crippen LogP contribution in [0.5, 0.6) is 0 Å². The summed E-state index contributed by atoms with van der Waals surface area (Å²) in [6, 6.07) is 1.74. The molecule has 4 nitrogen and oxygen atoms in total. The van der Waals surface area contributed by atoms with Crippen LogP contribution in [0.15, 0.2) is 12.1 Å². The molecule has 2 aromatic rings. The fourth-order valence-electron chi connectivity index (χ4n) is 1.76. The molecule has 0 bridgehead atoms. The predicted octanol–water partition coefficient (Wildman–Crippen LogP) is 3.30. The number of anilines is 3. The largest absolute Gasteiger partial charge is 0.373 e. The third kappa shape index (κ3) is 2.66. The number of benzene rings is 1. The number of halogens is 3. The highest BCUT2D eigenvalue weighted by atomic mass is 19.2. The molecule has 0 aliphatic rings. The van der Waals surface area contributed by atoms with Gasteiger partial charge < -0.3 is 10.6 Å². The monoisotopic (exact) mass is 282 g/mol. The van der Waals surface area contributed by atoms with Crippen LogP contribution in [0.4, 0.5) is 30.5 Å². The van der Waals surface area contributed by atoms with Crippen LogP contribution in [0.2, 0.25) is 0 Å². The molecule has 106 valence electrons. The minimum atomic E-state index is -1.50. The lowest BCUT2D eigenvalue weighted by Crippen LogP contribution is -2.06. The van der Waals surface area contributed by atoms with Gasteiger partial charge in [-0.25, -0.2) is 23.1 Å². The Balaban J connectivity index is 2.42. The fourth-order valence-corrected chi connectivity index (χ4v) is 1.76. The predicted molar refractivity (Wildman–Crippen MR) is 70.7 cm³/mol. The molecule has 0 unspecified atom stereocenters. The number of hydrogen-bond donors (Lipinski definition) is 2. The van der Waals surface area contributed by atoms with Crippen molar-refractivity contribution in [1.82, 2.24) is 9.97 Å². The lowest BCUT2D eigenvalue weighted by Gasteiger charge is -2.13. The Bertz CT molecular complexity index is 635. The molecule has 0 amide bonds. The molecule has 0 saturated carbocycles. The highest BCUT2D eigenvalue weighted by Crippen LogP contribution is 2.25. The van der Waals surface area contributed by atoms with Gasteiger partial charge in [0.25, 0.3) is 0 Å². The van der Waals surface area contributed by atoms with Crippen molar-refractivity contribution in [2.45, 2.75) is 13.8 Å². The summed E-state index contributed by atoms with van der Waals surface area (Å²) in [6.45, 7) is 3.45. The number of aromatic nitrogens is 2. The topological polar surface area (TPSA) is 49.8 Å². The van der Waals surface area contributed by atoms with E-state index >= 15 is 0 Å². The Morgan fingerprint density at radius 3 is 2.05 bits per heavy atom. The van der Waals surface area contributed by atoms with E-state index in [0.717, 1.165) is 12.1 Å². The molecule has 0 spiro atoms. The summed E-state index contributed by atoms with van der Waals surface area (Å²) in [5.41, 5.74) is 0.757. The van der Waals surface area contributed by atoms with E-state index in [1.54, 1.807) is 20.9 Å². The highest BCUT2D eigenvalue weighted by molar-refractivity contribution is 5.64. The first-order valence-electron chi connectivity index (χ1n) is 5.87. The summed E-state index contributed by atoms with van der Waals surface area (Å²) >= 11 is 0. The minimum absolute atomic E-state index is 0.0738. The maximum atomic E-state index is 13.2. The van der Waals surface area contributed by atoms with Gasteiger partial charge >= 0.3 is 0 Å². The second-order valence-electron chi connectivity index (χ2n) is 4.22. The molecular formula is C13H13F3N4. The number of nitrogens with one attached hydrogen (secondary N) is 2. The summed E-state index contributed by atoms with van der Waals surface area (Å²) in [5, 5.41) is 5.65. The summed E-state index contributed by atoms with van der Waals surface area (Å²) in [4.78, 5) is 8.33. The molecule has 0 saturated heterocycles. The molecule has 0 radical (unpaired) electrons. The fraction of sp³-hybridized carbons (Fsp3) is 0.231. The number of nitrogens with zero attached hydrogens (tertiary/aromatic N) is 2. The van der Waals surface area contributed by atoms with Crippen LogP contribution in [0.25, 0.3) is 0 Å². The van der Waals surface area contributed by atoms with Crippen molar-refractivity contribution < 1.29 is 13.2 Å². The van der Waals surface area contributed by atoms with E-state index in [1.165, 1.54) is 0 Å². The quantitative estimate of drug-likeness (QED) is 0.848. The SMILES string of the molecule is CNc1nc(C)nc(Nc2cc(F)c(F)c(F)c2)c1C. The minimum Gasteiger partial charge on any atom is -0.373 e. The van der Waals surface area contributed by atoms with Crippen molar-refractivity contribution in [3.8, 4) is 0 Å². The van der Waals surface area contributed by atoms with E-state index in [4.69, 9.17) is 0 Å². The van der Waals surface area contributed by atoms with Crippen molar-refractivity contribution in [2.75, 3.05) is 17.7 Å². The van der Waals surface area contributed by atoms with E-state index in [1.807, 2.05) is 0 Å². The molecule has 20 heavy (non-hydrogen) atoms. The second-order valence-corrected chi connectivity index (χ2v) is 4.22. The normalized spacial score (nSPS) is 10.5. The second kappa shape index (κ2) is 5.36. The Kier molecular flexibility index (Phi) is 3.78. The van der Waals surface area contributed by atoms with E-state index in [9.17, 15) is 13.2 Å². The first-order valence-corrected chi connectivity index (χ1v) is 5.87. The van der Waals surface area contributed by atoms with Crippen LogP contribution in [0.3, 0.4) is 0 Å². The average Bonchev–Trinajstić information content (AvgIpc) is 2.39. The first kappa shape index (κ1) is 14.1. The third-order valence-electron chi connectivity index (χ3n) is 2.74. The van der Waals surface area contributed by atoms with Gasteiger partial charge in [0, 0.05) is 30.4 Å². The zero-order chi connectivity index (χ0) is 14.9. The highest BCUT2D eigenvalue weighted by Gasteiger charge is 2.13. The lowest BCUT2D eigenvalue weighted by atomic mass is 10.2. The Morgan fingerprint density at radius 2 is 1.50 bits per heavy atom. The van der Waals surface area contributed by atoms with Crippen LogP contribution in [-0.2, 0) is 0 Å². The molecule has 1 heterocycles. The Morgan fingerprint density at radius 1 is 0.950 bits per heavy atom.